The summed E-state index contributed by atoms with van der Waals surface area (Å²) in [5.41, 5.74) is 1.22. The van der Waals surface area contributed by atoms with Crippen LogP contribution in [0.1, 0.15) is 21.0 Å². The van der Waals surface area contributed by atoms with E-state index in [0.29, 0.717) is 21.0 Å². The number of thiazole rings is 1. The van der Waals surface area contributed by atoms with Crippen LogP contribution >= 0.6 is 11.3 Å². The first-order valence-corrected chi connectivity index (χ1v) is 8.85. The topological polar surface area (TPSA) is 153 Å². The van der Waals surface area contributed by atoms with Gasteiger partial charge < -0.3 is 9.73 Å². The molecule has 29 heavy (non-hydrogen) atoms. The van der Waals surface area contributed by atoms with E-state index in [1.54, 1.807) is 18.2 Å². The second-order valence-corrected chi connectivity index (χ2v) is 6.63. The fraction of sp³-hybridized carbons (Fsp3) is 0. The number of fused-ring (bicyclic) bond motifs is 1. The SMILES string of the molecule is O=C(Nc1nc2ccc(NC(=O)c3ccc([N+](=O)[O-])o3)cc2s1)c1cnccn1. The summed E-state index contributed by atoms with van der Waals surface area (Å²) in [5.74, 6) is -1.77. The van der Waals surface area contributed by atoms with Crippen molar-refractivity contribution in [3.05, 3.63) is 70.5 Å². The molecule has 0 aliphatic rings. The fourth-order valence-electron chi connectivity index (χ4n) is 2.37. The van der Waals surface area contributed by atoms with Gasteiger partial charge in [-0.05, 0) is 24.3 Å². The van der Waals surface area contributed by atoms with E-state index >= 15 is 0 Å². The number of hydrogen-bond acceptors (Lipinski definition) is 9. The van der Waals surface area contributed by atoms with E-state index < -0.39 is 22.6 Å². The highest BCUT2D eigenvalue weighted by Gasteiger charge is 2.18. The molecule has 3 aromatic heterocycles. The van der Waals surface area contributed by atoms with Crippen molar-refractivity contribution in [2.24, 2.45) is 0 Å². The predicted octanol–water partition coefficient (Wildman–Crippen LogP) is 3.09. The molecule has 4 rings (SSSR count). The fourth-order valence-corrected chi connectivity index (χ4v) is 3.27. The number of carbonyl (C=O) groups excluding carboxylic acids is 2. The van der Waals surface area contributed by atoms with Gasteiger partial charge >= 0.3 is 5.88 Å². The quantitative estimate of drug-likeness (QED) is 0.376. The van der Waals surface area contributed by atoms with E-state index in [0.717, 1.165) is 6.07 Å². The highest BCUT2D eigenvalue weighted by atomic mass is 32.1. The lowest BCUT2D eigenvalue weighted by atomic mass is 10.3. The van der Waals surface area contributed by atoms with E-state index in [2.05, 4.69) is 25.6 Å². The maximum Gasteiger partial charge on any atom is 0.433 e. The normalized spacial score (nSPS) is 10.6. The van der Waals surface area contributed by atoms with Gasteiger partial charge in [0.1, 0.15) is 10.6 Å². The molecule has 4 aromatic rings. The lowest BCUT2D eigenvalue weighted by Gasteiger charge is -2.02. The Hall–Kier alpha value is -4.19. The van der Waals surface area contributed by atoms with Crippen LogP contribution in [0.4, 0.5) is 16.7 Å². The predicted molar refractivity (Wildman–Crippen MR) is 103 cm³/mol. The van der Waals surface area contributed by atoms with Crippen molar-refractivity contribution in [1.82, 2.24) is 15.0 Å². The average molecular weight is 410 g/mol. The summed E-state index contributed by atoms with van der Waals surface area (Å²) in [5, 5.41) is 16.3. The van der Waals surface area contributed by atoms with E-state index in [1.807, 2.05) is 0 Å². The van der Waals surface area contributed by atoms with E-state index in [1.165, 1.54) is 36.0 Å². The Labute approximate surface area is 165 Å². The summed E-state index contributed by atoms with van der Waals surface area (Å²) in [4.78, 5) is 46.3. The van der Waals surface area contributed by atoms with Gasteiger partial charge in [0.05, 0.1) is 22.5 Å². The second kappa shape index (κ2) is 7.44. The van der Waals surface area contributed by atoms with Gasteiger partial charge in [-0.2, -0.15) is 0 Å². The third-order valence-corrected chi connectivity index (χ3v) is 4.59. The molecule has 0 fully saturated rings. The minimum absolute atomic E-state index is 0.159. The molecule has 144 valence electrons. The number of amides is 2. The van der Waals surface area contributed by atoms with Gasteiger partial charge in [0.25, 0.3) is 11.8 Å². The zero-order valence-corrected chi connectivity index (χ0v) is 15.2. The zero-order valence-electron chi connectivity index (χ0n) is 14.4. The largest absolute Gasteiger partial charge is 0.433 e. The van der Waals surface area contributed by atoms with Crippen molar-refractivity contribution >= 4 is 50.1 Å². The third kappa shape index (κ3) is 3.91. The third-order valence-electron chi connectivity index (χ3n) is 3.66. The molecule has 0 saturated carbocycles. The summed E-state index contributed by atoms with van der Waals surface area (Å²) in [6.07, 6.45) is 4.22. The van der Waals surface area contributed by atoms with Crippen LogP contribution in [-0.2, 0) is 0 Å². The first kappa shape index (κ1) is 18.2. The Morgan fingerprint density at radius 3 is 2.69 bits per heavy atom. The van der Waals surface area contributed by atoms with Crippen LogP contribution in [0.5, 0.6) is 0 Å². The minimum Gasteiger partial charge on any atom is -0.395 e. The molecular formula is C17H10N6O5S. The molecule has 0 aliphatic carbocycles. The summed E-state index contributed by atoms with van der Waals surface area (Å²) >= 11 is 1.21. The van der Waals surface area contributed by atoms with Crippen molar-refractivity contribution in [2.45, 2.75) is 0 Å². The Bertz CT molecular complexity index is 1240. The number of nitrogens with zero attached hydrogens (tertiary/aromatic N) is 4. The number of nitro groups is 1. The number of rotatable bonds is 5. The average Bonchev–Trinajstić information content (AvgIpc) is 3.35. The number of carbonyl (C=O) groups is 2. The number of furan rings is 1. The van der Waals surface area contributed by atoms with Gasteiger partial charge in [-0.3, -0.25) is 30.0 Å². The highest BCUT2D eigenvalue weighted by molar-refractivity contribution is 7.22. The monoisotopic (exact) mass is 410 g/mol. The molecule has 0 bridgehead atoms. The molecule has 0 saturated heterocycles. The van der Waals surface area contributed by atoms with Crippen molar-refractivity contribution in [2.75, 3.05) is 10.6 Å². The molecule has 2 amide bonds. The molecule has 0 aliphatic heterocycles. The van der Waals surface area contributed by atoms with Gasteiger partial charge in [0.15, 0.2) is 10.9 Å². The Morgan fingerprint density at radius 1 is 1.10 bits per heavy atom. The minimum atomic E-state index is -0.725. The Kier molecular flexibility index (Phi) is 4.66. The van der Waals surface area contributed by atoms with Crippen LogP contribution in [0.3, 0.4) is 0 Å². The van der Waals surface area contributed by atoms with Crippen LogP contribution in [-0.4, -0.2) is 31.7 Å². The van der Waals surface area contributed by atoms with Gasteiger partial charge in [0.2, 0.25) is 0 Å². The molecule has 0 atom stereocenters. The number of aromatic nitrogens is 3. The molecule has 2 N–H and O–H groups in total. The lowest BCUT2D eigenvalue weighted by molar-refractivity contribution is -0.402. The van der Waals surface area contributed by atoms with E-state index in [-0.39, 0.29) is 11.5 Å². The van der Waals surface area contributed by atoms with Crippen molar-refractivity contribution in [1.29, 1.82) is 0 Å². The summed E-state index contributed by atoms with van der Waals surface area (Å²) < 4.78 is 5.59. The molecular weight excluding hydrogens is 400 g/mol. The number of anilines is 2. The van der Waals surface area contributed by atoms with Crippen molar-refractivity contribution in [3.8, 4) is 0 Å². The first-order chi connectivity index (χ1) is 14.0. The highest BCUT2D eigenvalue weighted by Crippen LogP contribution is 2.29. The molecule has 1 aromatic carbocycles. The summed E-state index contributed by atoms with van der Waals surface area (Å²) in [6, 6.07) is 7.28. The number of hydrogen-bond donors (Lipinski definition) is 2. The van der Waals surface area contributed by atoms with Crippen LogP contribution in [0.2, 0.25) is 0 Å². The van der Waals surface area contributed by atoms with Crippen LogP contribution in [0, 0.1) is 10.1 Å². The van der Waals surface area contributed by atoms with Gasteiger partial charge in [0, 0.05) is 18.1 Å². The number of nitrogens with one attached hydrogen (secondary N) is 2. The zero-order chi connectivity index (χ0) is 20.4. The van der Waals surface area contributed by atoms with Gasteiger partial charge in [-0.15, -0.1) is 0 Å². The first-order valence-electron chi connectivity index (χ1n) is 8.03. The lowest BCUT2D eigenvalue weighted by Crippen LogP contribution is -2.13. The van der Waals surface area contributed by atoms with Crippen LogP contribution in [0.15, 0.2) is 53.3 Å². The molecule has 0 unspecified atom stereocenters. The van der Waals surface area contributed by atoms with E-state index in [4.69, 9.17) is 4.42 Å². The van der Waals surface area contributed by atoms with Crippen LogP contribution < -0.4 is 10.6 Å². The Morgan fingerprint density at radius 2 is 1.97 bits per heavy atom. The molecule has 0 radical (unpaired) electrons. The van der Waals surface area contributed by atoms with E-state index in [9.17, 15) is 19.7 Å². The second-order valence-electron chi connectivity index (χ2n) is 5.60. The molecule has 3 heterocycles. The van der Waals surface area contributed by atoms with Crippen molar-refractivity contribution in [3.63, 3.8) is 0 Å². The van der Waals surface area contributed by atoms with Crippen molar-refractivity contribution < 1.29 is 18.9 Å². The summed E-state index contributed by atoms with van der Waals surface area (Å²) in [6.45, 7) is 0. The molecule has 0 spiro atoms. The number of benzene rings is 1. The van der Waals surface area contributed by atoms with Gasteiger partial charge in [-0.1, -0.05) is 11.3 Å². The Balaban J connectivity index is 1.50. The molecule has 12 heteroatoms. The maximum atomic E-state index is 12.2. The molecule has 11 nitrogen and oxygen atoms in total. The smallest absolute Gasteiger partial charge is 0.395 e. The maximum absolute atomic E-state index is 12.2. The van der Waals surface area contributed by atoms with Gasteiger partial charge in [-0.25, -0.2) is 9.97 Å². The standard InChI is InChI=1S/C17H10N6O5S/c24-15(11-8-18-5-6-19-11)22-17-21-10-2-1-9(7-13(10)29-17)20-16(25)12-3-4-14(28-12)23(26)27/h1-8H,(H,20,25)(H,21,22,24). The van der Waals surface area contributed by atoms with Crippen LogP contribution in [0.25, 0.3) is 10.2 Å². The summed E-state index contributed by atoms with van der Waals surface area (Å²) in [7, 11) is 0.